The molecule has 114 valence electrons. The summed E-state index contributed by atoms with van der Waals surface area (Å²) < 4.78 is 7.46. The van der Waals surface area contributed by atoms with Gasteiger partial charge in [0.1, 0.15) is 5.52 Å². The Balaban J connectivity index is 1.64. The second-order valence-electron chi connectivity index (χ2n) is 5.57. The molecule has 0 bridgehead atoms. The number of benzene rings is 2. The number of anilines is 1. The van der Waals surface area contributed by atoms with Crippen LogP contribution in [0, 0.1) is 6.92 Å². The Bertz CT molecular complexity index is 1040. The number of aromatic nitrogens is 2. The molecular weight excluding hydrogens is 290 g/mol. The third kappa shape index (κ3) is 2.36. The molecule has 1 amide bonds. The van der Waals surface area contributed by atoms with Crippen molar-refractivity contribution in [3.05, 3.63) is 60.1 Å². The molecular formula is C18H15N3O2. The minimum absolute atomic E-state index is 0.143. The van der Waals surface area contributed by atoms with Crippen LogP contribution in [0.2, 0.25) is 0 Å². The van der Waals surface area contributed by atoms with Crippen LogP contribution < -0.4 is 5.32 Å². The first-order valence-electron chi connectivity index (χ1n) is 7.34. The van der Waals surface area contributed by atoms with Gasteiger partial charge in [0.05, 0.1) is 0 Å². The van der Waals surface area contributed by atoms with Crippen molar-refractivity contribution in [1.29, 1.82) is 0 Å². The number of rotatable bonds is 2. The van der Waals surface area contributed by atoms with Gasteiger partial charge >= 0.3 is 0 Å². The number of amides is 1. The molecule has 0 saturated carbocycles. The molecule has 0 saturated heterocycles. The maximum Gasteiger partial charge on any atom is 0.255 e. The van der Waals surface area contributed by atoms with E-state index in [0.29, 0.717) is 22.7 Å². The van der Waals surface area contributed by atoms with Crippen LogP contribution in [0.1, 0.15) is 16.2 Å². The SMILES string of the molecule is Cc1nc2cc(NC(=O)c3ccc4c(ccn4C)c3)ccc2o1. The number of carbonyl (C=O) groups excluding carboxylic acids is 1. The molecule has 2 heterocycles. The summed E-state index contributed by atoms with van der Waals surface area (Å²) in [6.07, 6.45) is 1.98. The molecule has 4 aromatic rings. The van der Waals surface area contributed by atoms with Crippen molar-refractivity contribution in [3.8, 4) is 0 Å². The van der Waals surface area contributed by atoms with Gasteiger partial charge in [-0.25, -0.2) is 4.98 Å². The number of carbonyl (C=O) groups is 1. The summed E-state index contributed by atoms with van der Waals surface area (Å²) in [6.45, 7) is 1.80. The van der Waals surface area contributed by atoms with Gasteiger partial charge in [-0.15, -0.1) is 0 Å². The minimum Gasteiger partial charge on any atom is -0.441 e. The number of hydrogen-bond acceptors (Lipinski definition) is 3. The zero-order valence-corrected chi connectivity index (χ0v) is 12.8. The van der Waals surface area contributed by atoms with Gasteiger partial charge in [-0.1, -0.05) is 0 Å². The van der Waals surface area contributed by atoms with Gasteiger partial charge in [-0.2, -0.15) is 0 Å². The van der Waals surface area contributed by atoms with Crippen LogP contribution in [0.3, 0.4) is 0 Å². The summed E-state index contributed by atoms with van der Waals surface area (Å²) in [6, 6.07) is 13.1. The molecule has 5 heteroatoms. The van der Waals surface area contributed by atoms with Gasteiger partial charge in [0, 0.05) is 42.3 Å². The number of aryl methyl sites for hydroxylation is 2. The summed E-state index contributed by atoms with van der Waals surface area (Å²) in [4.78, 5) is 16.7. The average molecular weight is 305 g/mol. The molecule has 0 aliphatic carbocycles. The van der Waals surface area contributed by atoms with Crippen molar-refractivity contribution in [2.75, 3.05) is 5.32 Å². The topological polar surface area (TPSA) is 60.1 Å². The van der Waals surface area contributed by atoms with Crippen LogP contribution >= 0.6 is 0 Å². The van der Waals surface area contributed by atoms with E-state index in [9.17, 15) is 4.79 Å². The first-order chi connectivity index (χ1) is 11.1. The average Bonchev–Trinajstić information content (AvgIpc) is 3.08. The second kappa shape index (κ2) is 4.98. The smallest absolute Gasteiger partial charge is 0.255 e. The van der Waals surface area contributed by atoms with Gasteiger partial charge in [0.2, 0.25) is 0 Å². The molecule has 1 N–H and O–H groups in total. The number of hydrogen-bond donors (Lipinski definition) is 1. The lowest BCUT2D eigenvalue weighted by atomic mass is 10.1. The van der Waals surface area contributed by atoms with Gasteiger partial charge in [0.15, 0.2) is 11.5 Å². The van der Waals surface area contributed by atoms with E-state index in [1.165, 1.54) is 0 Å². The van der Waals surface area contributed by atoms with E-state index in [1.807, 2.05) is 60.3 Å². The first kappa shape index (κ1) is 13.6. The molecule has 5 nitrogen and oxygen atoms in total. The number of nitrogens with zero attached hydrogens (tertiary/aromatic N) is 2. The highest BCUT2D eigenvalue weighted by atomic mass is 16.3. The van der Waals surface area contributed by atoms with Crippen LogP contribution in [-0.4, -0.2) is 15.5 Å². The van der Waals surface area contributed by atoms with Crippen molar-refractivity contribution in [2.45, 2.75) is 6.92 Å². The molecule has 0 unspecified atom stereocenters. The standard InChI is InChI=1S/C18H15N3O2/c1-11-19-15-10-14(4-6-17(15)23-11)20-18(22)13-3-5-16-12(9-13)7-8-21(16)2/h3-10H,1-2H3,(H,20,22). The summed E-state index contributed by atoms with van der Waals surface area (Å²) in [5, 5.41) is 3.95. The minimum atomic E-state index is -0.143. The molecule has 0 aliphatic heterocycles. The zero-order valence-electron chi connectivity index (χ0n) is 12.8. The number of oxazole rings is 1. The highest BCUT2D eigenvalue weighted by Gasteiger charge is 2.10. The van der Waals surface area contributed by atoms with E-state index in [1.54, 1.807) is 6.92 Å². The van der Waals surface area contributed by atoms with E-state index in [0.717, 1.165) is 16.4 Å². The lowest BCUT2D eigenvalue weighted by Crippen LogP contribution is -2.11. The Morgan fingerprint density at radius 3 is 2.91 bits per heavy atom. The largest absolute Gasteiger partial charge is 0.441 e. The third-order valence-electron chi connectivity index (χ3n) is 3.90. The third-order valence-corrected chi connectivity index (χ3v) is 3.90. The maximum atomic E-state index is 12.4. The van der Waals surface area contributed by atoms with E-state index in [-0.39, 0.29) is 5.91 Å². The fraction of sp³-hybridized carbons (Fsp3) is 0.111. The van der Waals surface area contributed by atoms with Crippen LogP contribution in [0.5, 0.6) is 0 Å². The van der Waals surface area contributed by atoms with Crippen molar-refractivity contribution < 1.29 is 9.21 Å². The summed E-state index contributed by atoms with van der Waals surface area (Å²) in [5.41, 5.74) is 3.87. The van der Waals surface area contributed by atoms with Crippen LogP contribution in [0.25, 0.3) is 22.0 Å². The Labute approximate surface area is 132 Å². The Morgan fingerprint density at radius 2 is 2.04 bits per heavy atom. The van der Waals surface area contributed by atoms with Gasteiger partial charge in [-0.05, 0) is 42.5 Å². The quantitative estimate of drug-likeness (QED) is 0.611. The Morgan fingerprint density at radius 1 is 1.17 bits per heavy atom. The van der Waals surface area contributed by atoms with Gasteiger partial charge in [-0.3, -0.25) is 4.79 Å². The molecule has 0 atom stereocenters. The van der Waals surface area contributed by atoms with E-state index in [2.05, 4.69) is 10.3 Å². The Kier molecular flexibility index (Phi) is 2.94. The van der Waals surface area contributed by atoms with E-state index in [4.69, 9.17) is 4.42 Å². The van der Waals surface area contributed by atoms with E-state index >= 15 is 0 Å². The fourth-order valence-electron chi connectivity index (χ4n) is 2.75. The fourth-order valence-corrected chi connectivity index (χ4v) is 2.75. The van der Waals surface area contributed by atoms with Crippen molar-refractivity contribution >= 4 is 33.6 Å². The molecule has 2 aromatic carbocycles. The Hall–Kier alpha value is -3.08. The molecule has 23 heavy (non-hydrogen) atoms. The normalized spacial score (nSPS) is 11.2. The summed E-state index contributed by atoms with van der Waals surface area (Å²) >= 11 is 0. The lowest BCUT2D eigenvalue weighted by Gasteiger charge is -2.05. The zero-order chi connectivity index (χ0) is 16.0. The van der Waals surface area contributed by atoms with Gasteiger partial charge in [0.25, 0.3) is 5.91 Å². The van der Waals surface area contributed by atoms with Crippen molar-refractivity contribution in [1.82, 2.24) is 9.55 Å². The van der Waals surface area contributed by atoms with E-state index < -0.39 is 0 Å². The molecule has 0 spiro atoms. The van der Waals surface area contributed by atoms with Crippen molar-refractivity contribution in [3.63, 3.8) is 0 Å². The second-order valence-corrected chi connectivity index (χ2v) is 5.57. The molecule has 0 radical (unpaired) electrons. The predicted octanol–water partition coefficient (Wildman–Crippen LogP) is 3.88. The highest BCUT2D eigenvalue weighted by molar-refractivity contribution is 6.06. The molecule has 0 fully saturated rings. The monoisotopic (exact) mass is 305 g/mol. The number of nitrogens with one attached hydrogen (secondary N) is 1. The highest BCUT2D eigenvalue weighted by Crippen LogP contribution is 2.21. The summed E-state index contributed by atoms with van der Waals surface area (Å²) in [5.74, 6) is 0.466. The predicted molar refractivity (Wildman–Crippen MR) is 89.6 cm³/mol. The lowest BCUT2D eigenvalue weighted by molar-refractivity contribution is 0.102. The van der Waals surface area contributed by atoms with Crippen LogP contribution in [-0.2, 0) is 7.05 Å². The molecule has 4 rings (SSSR count). The van der Waals surface area contributed by atoms with Crippen LogP contribution in [0.4, 0.5) is 5.69 Å². The molecule has 0 aliphatic rings. The summed E-state index contributed by atoms with van der Waals surface area (Å²) in [7, 11) is 1.98. The van der Waals surface area contributed by atoms with Gasteiger partial charge < -0.3 is 14.3 Å². The van der Waals surface area contributed by atoms with Crippen LogP contribution in [0.15, 0.2) is 53.1 Å². The first-order valence-corrected chi connectivity index (χ1v) is 7.34. The van der Waals surface area contributed by atoms with Crippen molar-refractivity contribution in [2.24, 2.45) is 7.05 Å². The maximum absolute atomic E-state index is 12.4. The number of fused-ring (bicyclic) bond motifs is 2. The molecule has 2 aromatic heterocycles.